The fraction of sp³-hybridized carbons (Fsp3) is 0.182. The number of aromatic nitrogens is 2. The van der Waals surface area contributed by atoms with E-state index in [2.05, 4.69) is 5.10 Å². The third-order valence-corrected chi connectivity index (χ3v) is 2.52. The van der Waals surface area contributed by atoms with Gasteiger partial charge in [0.05, 0.1) is 23.0 Å². The number of alkyl halides is 6. The minimum Gasteiger partial charge on any atom is -0.398 e. The molecule has 0 bridgehead atoms. The maximum Gasteiger partial charge on any atom is 0.419 e. The van der Waals surface area contributed by atoms with E-state index in [-0.39, 0.29) is 5.69 Å². The molecule has 0 radical (unpaired) electrons. The van der Waals surface area contributed by atoms with E-state index in [4.69, 9.17) is 5.73 Å². The van der Waals surface area contributed by atoms with Gasteiger partial charge in [-0.2, -0.15) is 31.4 Å². The number of rotatable bonds is 1. The summed E-state index contributed by atoms with van der Waals surface area (Å²) in [5.41, 5.74) is 2.35. The van der Waals surface area contributed by atoms with Crippen molar-refractivity contribution in [3.05, 3.63) is 41.7 Å². The van der Waals surface area contributed by atoms with Gasteiger partial charge in [0.25, 0.3) is 0 Å². The van der Waals surface area contributed by atoms with Crippen LogP contribution in [0.1, 0.15) is 11.1 Å². The van der Waals surface area contributed by atoms with E-state index in [1.807, 2.05) is 0 Å². The highest BCUT2D eigenvalue weighted by Gasteiger charge is 2.34. The zero-order valence-corrected chi connectivity index (χ0v) is 9.63. The number of benzene rings is 1. The molecule has 0 amide bonds. The second-order valence-corrected chi connectivity index (χ2v) is 3.94. The Morgan fingerprint density at radius 3 is 2.15 bits per heavy atom. The number of hydrogen-bond acceptors (Lipinski definition) is 2. The Balaban J connectivity index is 2.47. The van der Waals surface area contributed by atoms with Gasteiger partial charge in [-0.25, -0.2) is 4.68 Å². The van der Waals surface area contributed by atoms with E-state index in [0.29, 0.717) is 23.1 Å². The number of anilines is 1. The summed E-state index contributed by atoms with van der Waals surface area (Å²) in [6.07, 6.45) is -8.17. The molecular weight excluding hydrogens is 288 g/mol. The number of hydrogen-bond donors (Lipinski definition) is 1. The molecule has 0 saturated heterocycles. The Kier molecular flexibility index (Phi) is 3.15. The molecule has 0 fully saturated rings. The van der Waals surface area contributed by atoms with Crippen LogP contribution in [0.15, 0.2) is 30.6 Å². The molecule has 0 atom stereocenters. The monoisotopic (exact) mass is 295 g/mol. The lowest BCUT2D eigenvalue weighted by Crippen LogP contribution is -2.10. The van der Waals surface area contributed by atoms with Crippen LogP contribution in [0.25, 0.3) is 5.69 Å². The predicted octanol–water partition coefficient (Wildman–Crippen LogP) is 3.49. The fourth-order valence-corrected chi connectivity index (χ4v) is 1.54. The molecule has 3 nitrogen and oxygen atoms in total. The van der Waals surface area contributed by atoms with Gasteiger partial charge in [0.2, 0.25) is 0 Å². The summed E-state index contributed by atoms with van der Waals surface area (Å²) in [4.78, 5) is 0. The Bertz CT molecular complexity index is 626. The second-order valence-electron chi connectivity index (χ2n) is 3.94. The SMILES string of the molecule is Nc1ccc(-n2cc(C(F)(F)F)cn2)cc1C(F)(F)F. The van der Waals surface area contributed by atoms with Crippen LogP contribution in [0, 0.1) is 0 Å². The van der Waals surface area contributed by atoms with Crippen molar-refractivity contribution in [2.75, 3.05) is 5.73 Å². The number of nitrogen functional groups attached to an aromatic ring is 1. The van der Waals surface area contributed by atoms with Crippen molar-refractivity contribution >= 4 is 5.69 Å². The van der Waals surface area contributed by atoms with E-state index in [1.165, 1.54) is 0 Å². The van der Waals surface area contributed by atoms with Gasteiger partial charge in [-0.1, -0.05) is 0 Å². The predicted molar refractivity (Wildman–Crippen MR) is 58.0 cm³/mol. The molecule has 0 aliphatic rings. The molecule has 0 unspecified atom stereocenters. The van der Waals surface area contributed by atoms with E-state index < -0.39 is 29.2 Å². The van der Waals surface area contributed by atoms with Crippen LogP contribution in [0.5, 0.6) is 0 Å². The molecule has 1 aromatic heterocycles. The highest BCUT2D eigenvalue weighted by atomic mass is 19.4. The van der Waals surface area contributed by atoms with Gasteiger partial charge >= 0.3 is 12.4 Å². The molecule has 0 saturated carbocycles. The molecule has 1 heterocycles. The molecule has 2 rings (SSSR count). The standard InChI is InChI=1S/C11H7F6N3/c12-10(13,14)6-4-19-20(5-6)7-1-2-9(18)8(3-7)11(15,16)17/h1-5H,18H2. The molecule has 2 aromatic rings. The first kappa shape index (κ1) is 14.2. The molecule has 0 aliphatic carbocycles. The van der Waals surface area contributed by atoms with Crippen LogP contribution < -0.4 is 5.73 Å². The van der Waals surface area contributed by atoms with Crippen molar-refractivity contribution in [2.45, 2.75) is 12.4 Å². The molecule has 9 heteroatoms. The summed E-state index contributed by atoms with van der Waals surface area (Å²) in [6, 6.07) is 2.76. The van der Waals surface area contributed by atoms with Crippen molar-refractivity contribution in [3.63, 3.8) is 0 Å². The molecule has 2 N–H and O–H groups in total. The first-order valence-corrected chi connectivity index (χ1v) is 5.18. The fourth-order valence-electron chi connectivity index (χ4n) is 1.54. The third-order valence-electron chi connectivity index (χ3n) is 2.52. The first-order chi connectivity index (χ1) is 9.09. The lowest BCUT2D eigenvalue weighted by atomic mass is 10.1. The summed E-state index contributed by atoms with van der Waals surface area (Å²) in [7, 11) is 0. The minimum absolute atomic E-state index is 0.165. The quantitative estimate of drug-likeness (QED) is 0.646. The topological polar surface area (TPSA) is 43.8 Å². The molecule has 0 aliphatic heterocycles. The zero-order valence-electron chi connectivity index (χ0n) is 9.63. The maximum atomic E-state index is 12.6. The Morgan fingerprint density at radius 2 is 1.65 bits per heavy atom. The van der Waals surface area contributed by atoms with Crippen molar-refractivity contribution in [3.8, 4) is 5.69 Å². The second kappa shape index (κ2) is 4.43. The minimum atomic E-state index is -4.69. The number of nitrogens with zero attached hydrogens (tertiary/aromatic N) is 2. The molecule has 1 aromatic carbocycles. The van der Waals surface area contributed by atoms with E-state index in [0.717, 1.165) is 12.1 Å². The molecule has 108 valence electrons. The number of halogens is 6. The summed E-state index contributed by atoms with van der Waals surface area (Å²) in [5, 5.41) is 3.39. The normalized spacial score (nSPS) is 12.7. The van der Waals surface area contributed by atoms with Crippen molar-refractivity contribution in [1.82, 2.24) is 9.78 Å². The van der Waals surface area contributed by atoms with E-state index in [9.17, 15) is 26.3 Å². The van der Waals surface area contributed by atoms with Crippen molar-refractivity contribution in [1.29, 1.82) is 0 Å². The average Bonchev–Trinajstić information content (AvgIpc) is 2.77. The Labute approximate surface area is 108 Å². The average molecular weight is 295 g/mol. The van der Waals surface area contributed by atoms with Crippen LogP contribution in [0.2, 0.25) is 0 Å². The van der Waals surface area contributed by atoms with Gasteiger partial charge in [-0.05, 0) is 18.2 Å². The van der Waals surface area contributed by atoms with Crippen LogP contribution >= 0.6 is 0 Å². The summed E-state index contributed by atoms with van der Waals surface area (Å²) >= 11 is 0. The lowest BCUT2D eigenvalue weighted by Gasteiger charge is -2.11. The summed E-state index contributed by atoms with van der Waals surface area (Å²) in [6.45, 7) is 0. The van der Waals surface area contributed by atoms with Crippen LogP contribution in [-0.4, -0.2) is 9.78 Å². The van der Waals surface area contributed by atoms with Crippen LogP contribution in [0.4, 0.5) is 32.0 Å². The summed E-state index contributed by atoms with van der Waals surface area (Å²) in [5.74, 6) is 0. The van der Waals surface area contributed by atoms with Gasteiger partial charge < -0.3 is 5.73 Å². The third kappa shape index (κ3) is 2.70. The molecule has 0 spiro atoms. The van der Waals surface area contributed by atoms with Gasteiger partial charge in [0.1, 0.15) is 0 Å². The highest BCUT2D eigenvalue weighted by molar-refractivity contribution is 5.54. The maximum absolute atomic E-state index is 12.6. The van der Waals surface area contributed by atoms with Gasteiger partial charge in [0, 0.05) is 11.9 Å². The van der Waals surface area contributed by atoms with Crippen LogP contribution in [0.3, 0.4) is 0 Å². The first-order valence-electron chi connectivity index (χ1n) is 5.18. The largest absolute Gasteiger partial charge is 0.419 e. The van der Waals surface area contributed by atoms with Gasteiger partial charge in [-0.3, -0.25) is 0 Å². The lowest BCUT2D eigenvalue weighted by molar-refractivity contribution is -0.138. The zero-order chi connectivity index (χ0) is 15.1. The smallest absolute Gasteiger partial charge is 0.398 e. The van der Waals surface area contributed by atoms with Gasteiger partial charge in [-0.15, -0.1) is 0 Å². The summed E-state index contributed by atoms with van der Waals surface area (Å²) < 4.78 is 75.8. The molecule has 20 heavy (non-hydrogen) atoms. The highest BCUT2D eigenvalue weighted by Crippen LogP contribution is 2.35. The number of nitrogens with two attached hydrogens (primary N) is 1. The Hall–Kier alpha value is -2.19. The van der Waals surface area contributed by atoms with E-state index >= 15 is 0 Å². The van der Waals surface area contributed by atoms with Crippen molar-refractivity contribution < 1.29 is 26.3 Å². The van der Waals surface area contributed by atoms with E-state index in [1.54, 1.807) is 0 Å². The van der Waals surface area contributed by atoms with Crippen LogP contribution in [-0.2, 0) is 12.4 Å². The molecular formula is C11H7F6N3. The Morgan fingerprint density at radius 1 is 1.00 bits per heavy atom. The van der Waals surface area contributed by atoms with Gasteiger partial charge in [0.15, 0.2) is 0 Å². The van der Waals surface area contributed by atoms with Crippen molar-refractivity contribution in [2.24, 2.45) is 0 Å².